The number of rotatable bonds is 2. The Morgan fingerprint density at radius 2 is 1.79 bits per heavy atom. The third-order valence-electron chi connectivity index (χ3n) is 5.04. The Morgan fingerprint density at radius 1 is 1.10 bits per heavy atom. The maximum absolute atomic E-state index is 13.2. The molecule has 0 fully saturated rings. The molecule has 0 aromatic heterocycles. The van der Waals surface area contributed by atoms with Crippen LogP contribution in [0.15, 0.2) is 36.4 Å². The summed E-state index contributed by atoms with van der Waals surface area (Å²) in [6.07, 6.45) is 0.647. The van der Waals surface area contributed by atoms with Crippen molar-refractivity contribution >= 4 is 11.8 Å². The molecule has 2 amide bonds. The molecule has 5 heteroatoms. The van der Waals surface area contributed by atoms with Gasteiger partial charge in [-0.2, -0.15) is 0 Å². The molecular weight excluding hydrogens is 364 g/mol. The lowest BCUT2D eigenvalue weighted by Gasteiger charge is -2.35. The Labute approximate surface area is 173 Å². The smallest absolute Gasteiger partial charge is 0.272 e. The van der Waals surface area contributed by atoms with E-state index in [0.717, 1.165) is 22.4 Å². The Morgan fingerprint density at radius 3 is 2.41 bits per heavy atom. The van der Waals surface area contributed by atoms with Gasteiger partial charge in [0.2, 0.25) is 0 Å². The van der Waals surface area contributed by atoms with Crippen LogP contribution in [0.1, 0.15) is 72.0 Å². The van der Waals surface area contributed by atoms with E-state index in [-0.39, 0.29) is 17.4 Å². The average molecular weight is 395 g/mol. The molecule has 5 nitrogen and oxygen atoms in total. The topological polar surface area (TPSA) is 58.6 Å². The minimum absolute atomic E-state index is 0.241. The molecule has 0 atom stereocenters. The lowest BCUT2D eigenvalue weighted by atomic mass is 9.95. The van der Waals surface area contributed by atoms with Gasteiger partial charge >= 0.3 is 0 Å². The largest absolute Gasteiger partial charge is 0.487 e. The van der Waals surface area contributed by atoms with Gasteiger partial charge in [-0.15, -0.1) is 0 Å². The fourth-order valence-electron chi connectivity index (χ4n) is 3.61. The molecule has 0 saturated carbocycles. The first-order valence-corrected chi connectivity index (χ1v) is 9.93. The average Bonchev–Trinajstić information content (AvgIpc) is 2.94. The number of aryl methyl sites for hydroxylation is 2. The zero-order chi connectivity index (χ0) is 21.6. The molecule has 1 N–H and O–H groups in total. The number of hydrazine groups is 1. The van der Waals surface area contributed by atoms with Crippen molar-refractivity contribution < 1.29 is 14.3 Å². The van der Waals surface area contributed by atoms with Crippen molar-refractivity contribution in [2.45, 2.75) is 66.0 Å². The van der Waals surface area contributed by atoms with E-state index in [1.165, 1.54) is 5.01 Å². The molecule has 1 aliphatic rings. The zero-order valence-electron chi connectivity index (χ0n) is 18.3. The first kappa shape index (κ1) is 20.9. The van der Waals surface area contributed by atoms with Crippen molar-refractivity contribution in [1.29, 1.82) is 0 Å². The van der Waals surface area contributed by atoms with Crippen LogP contribution in [0.2, 0.25) is 0 Å². The number of amides is 2. The Balaban J connectivity index is 1.94. The minimum Gasteiger partial charge on any atom is -0.487 e. The molecule has 2 aromatic carbocycles. The summed E-state index contributed by atoms with van der Waals surface area (Å²) in [6.45, 7) is 13.6. The van der Waals surface area contributed by atoms with Gasteiger partial charge in [0.05, 0.1) is 5.54 Å². The number of nitrogens with zero attached hydrogens (tertiary/aromatic N) is 1. The number of hydrogen-bond donors (Lipinski definition) is 1. The number of fused-ring (bicyclic) bond motifs is 1. The molecule has 2 aromatic rings. The summed E-state index contributed by atoms with van der Waals surface area (Å²) in [7, 11) is 0. The fourth-order valence-corrected chi connectivity index (χ4v) is 3.61. The molecule has 154 valence electrons. The maximum Gasteiger partial charge on any atom is 0.272 e. The molecule has 0 saturated heterocycles. The third-order valence-corrected chi connectivity index (χ3v) is 5.04. The number of benzene rings is 2. The van der Waals surface area contributed by atoms with Gasteiger partial charge in [0.15, 0.2) is 0 Å². The Hall–Kier alpha value is -2.82. The highest BCUT2D eigenvalue weighted by atomic mass is 16.5. The van der Waals surface area contributed by atoms with Gasteiger partial charge in [0, 0.05) is 23.1 Å². The number of nitrogens with one attached hydrogen (secondary N) is 1. The molecule has 0 spiro atoms. The van der Waals surface area contributed by atoms with Crippen LogP contribution >= 0.6 is 0 Å². The second-order valence-corrected chi connectivity index (χ2v) is 9.40. The van der Waals surface area contributed by atoms with Gasteiger partial charge in [-0.3, -0.25) is 15.0 Å². The second-order valence-electron chi connectivity index (χ2n) is 9.40. The van der Waals surface area contributed by atoms with Crippen molar-refractivity contribution in [3.63, 3.8) is 0 Å². The quantitative estimate of drug-likeness (QED) is 0.757. The van der Waals surface area contributed by atoms with Crippen molar-refractivity contribution in [2.24, 2.45) is 0 Å². The van der Waals surface area contributed by atoms with Crippen LogP contribution in [-0.4, -0.2) is 28.0 Å². The summed E-state index contributed by atoms with van der Waals surface area (Å²) in [6, 6.07) is 11.1. The monoisotopic (exact) mass is 394 g/mol. The van der Waals surface area contributed by atoms with E-state index in [1.54, 1.807) is 6.07 Å². The highest BCUT2D eigenvalue weighted by Gasteiger charge is 2.36. The summed E-state index contributed by atoms with van der Waals surface area (Å²) in [5.74, 6) is 0.225. The molecule has 1 aliphatic heterocycles. The van der Waals surface area contributed by atoms with Crippen LogP contribution in [0, 0.1) is 13.8 Å². The summed E-state index contributed by atoms with van der Waals surface area (Å²) in [5, 5.41) is 1.41. The lowest BCUT2D eigenvalue weighted by Crippen LogP contribution is -2.56. The predicted molar refractivity (Wildman–Crippen MR) is 114 cm³/mol. The SMILES string of the molecule is Cc1cccc(C(=O)N(NC(=O)c2ccc(C)c3c2CC(C)(C)O3)C(C)(C)C)c1. The van der Waals surface area contributed by atoms with E-state index in [1.807, 2.05) is 78.8 Å². The first-order chi connectivity index (χ1) is 13.4. The molecule has 0 unspecified atom stereocenters. The van der Waals surface area contributed by atoms with Gasteiger partial charge in [0.1, 0.15) is 11.4 Å². The molecule has 1 heterocycles. The first-order valence-electron chi connectivity index (χ1n) is 9.93. The summed E-state index contributed by atoms with van der Waals surface area (Å²) in [4.78, 5) is 26.4. The van der Waals surface area contributed by atoms with Crippen LogP contribution in [0.25, 0.3) is 0 Å². The Bertz CT molecular complexity index is 971. The predicted octanol–water partition coefficient (Wildman–Crippen LogP) is 4.60. The fraction of sp³-hybridized carbons (Fsp3) is 0.417. The number of hydrogen-bond acceptors (Lipinski definition) is 3. The summed E-state index contributed by atoms with van der Waals surface area (Å²) >= 11 is 0. The van der Waals surface area contributed by atoms with Crippen molar-refractivity contribution in [3.05, 3.63) is 64.2 Å². The molecule has 29 heavy (non-hydrogen) atoms. The number of carbonyl (C=O) groups is 2. The molecule has 0 aliphatic carbocycles. The highest BCUT2D eigenvalue weighted by Crippen LogP contribution is 2.39. The summed E-state index contributed by atoms with van der Waals surface area (Å²) < 4.78 is 6.06. The highest BCUT2D eigenvalue weighted by molar-refractivity contribution is 6.00. The third kappa shape index (κ3) is 4.29. The molecule has 0 radical (unpaired) electrons. The van der Waals surface area contributed by atoms with E-state index in [4.69, 9.17) is 4.74 Å². The van der Waals surface area contributed by atoms with Crippen molar-refractivity contribution in [2.75, 3.05) is 0 Å². The Kier molecular flexibility index (Phi) is 5.20. The van der Waals surface area contributed by atoms with Crippen LogP contribution in [0.5, 0.6) is 5.75 Å². The van der Waals surface area contributed by atoms with Gasteiger partial charge in [-0.05, 0) is 72.2 Å². The van der Waals surface area contributed by atoms with E-state index in [0.29, 0.717) is 17.5 Å². The van der Waals surface area contributed by atoms with Gasteiger partial charge in [0.25, 0.3) is 11.8 Å². The van der Waals surface area contributed by atoms with Crippen LogP contribution < -0.4 is 10.2 Å². The van der Waals surface area contributed by atoms with Gasteiger partial charge in [-0.1, -0.05) is 23.8 Å². The molecule has 0 bridgehead atoms. The van der Waals surface area contributed by atoms with E-state index in [2.05, 4.69) is 5.43 Å². The normalized spacial score (nSPS) is 14.7. The maximum atomic E-state index is 13.2. The van der Waals surface area contributed by atoms with Crippen LogP contribution in [-0.2, 0) is 6.42 Å². The standard InChI is InChI=1S/C24H30N2O3/c1-15-9-8-10-17(13-15)22(28)26(23(3,4)5)25-21(27)18-12-11-16(2)20-19(18)14-24(6,7)29-20/h8-13H,14H2,1-7H3,(H,25,27). The van der Waals surface area contributed by atoms with E-state index < -0.39 is 5.54 Å². The van der Waals surface area contributed by atoms with Gasteiger partial charge < -0.3 is 4.74 Å². The van der Waals surface area contributed by atoms with Crippen LogP contribution in [0.4, 0.5) is 0 Å². The van der Waals surface area contributed by atoms with Gasteiger partial charge in [-0.25, -0.2) is 5.01 Å². The summed E-state index contributed by atoms with van der Waals surface area (Å²) in [5.41, 5.74) is 5.88. The second kappa shape index (κ2) is 7.21. The van der Waals surface area contributed by atoms with Crippen molar-refractivity contribution in [3.8, 4) is 5.75 Å². The lowest BCUT2D eigenvalue weighted by molar-refractivity contribution is 0.0358. The molecular formula is C24H30N2O3. The minimum atomic E-state index is -0.597. The van der Waals surface area contributed by atoms with Crippen molar-refractivity contribution in [1.82, 2.24) is 10.4 Å². The number of ether oxygens (including phenoxy) is 1. The molecule has 3 rings (SSSR count). The van der Waals surface area contributed by atoms with Crippen LogP contribution in [0.3, 0.4) is 0 Å². The number of carbonyl (C=O) groups excluding carboxylic acids is 2. The van der Waals surface area contributed by atoms with E-state index >= 15 is 0 Å². The zero-order valence-corrected chi connectivity index (χ0v) is 18.3. The van der Waals surface area contributed by atoms with E-state index in [9.17, 15) is 9.59 Å².